The lowest BCUT2D eigenvalue weighted by Gasteiger charge is -2.15. The summed E-state index contributed by atoms with van der Waals surface area (Å²) in [4.78, 5) is 11.6. The zero-order valence-electron chi connectivity index (χ0n) is 13.2. The van der Waals surface area contributed by atoms with Crippen LogP contribution in [-0.2, 0) is 21.2 Å². The molecule has 0 radical (unpaired) electrons. The fraction of sp³-hybridized carbons (Fsp3) is 0.312. The number of hydrogen-bond acceptors (Lipinski definition) is 5. The predicted octanol–water partition coefficient (Wildman–Crippen LogP) is 2.28. The quantitative estimate of drug-likeness (QED) is 0.817. The molecule has 0 amide bonds. The Morgan fingerprint density at radius 2 is 2.09 bits per heavy atom. The number of furan rings is 1. The van der Waals surface area contributed by atoms with E-state index in [0.717, 1.165) is 0 Å². The van der Waals surface area contributed by atoms with Crippen molar-refractivity contribution in [3.63, 3.8) is 0 Å². The fourth-order valence-electron chi connectivity index (χ4n) is 2.23. The van der Waals surface area contributed by atoms with Crippen molar-refractivity contribution in [2.24, 2.45) is 0 Å². The highest BCUT2D eigenvalue weighted by Gasteiger charge is 2.22. The Hall–Kier alpha value is -2.12. The van der Waals surface area contributed by atoms with Crippen LogP contribution in [0.15, 0.2) is 45.9 Å². The molecule has 1 N–H and O–H groups in total. The molecule has 1 heterocycles. The number of ether oxygens (including phenoxy) is 1. The van der Waals surface area contributed by atoms with Crippen molar-refractivity contribution in [2.45, 2.75) is 31.2 Å². The summed E-state index contributed by atoms with van der Waals surface area (Å²) in [5, 5.41) is 0. The van der Waals surface area contributed by atoms with E-state index in [2.05, 4.69) is 9.46 Å². The van der Waals surface area contributed by atoms with Gasteiger partial charge in [-0.2, -0.15) is 0 Å². The minimum Gasteiger partial charge on any atom is -0.469 e. The first-order valence-electron chi connectivity index (χ1n) is 7.07. The smallest absolute Gasteiger partial charge is 0.337 e. The van der Waals surface area contributed by atoms with E-state index >= 15 is 0 Å². The molecule has 1 aromatic carbocycles. The van der Waals surface area contributed by atoms with Gasteiger partial charge in [0.25, 0.3) is 0 Å². The van der Waals surface area contributed by atoms with Crippen molar-refractivity contribution >= 4 is 16.0 Å². The maximum atomic E-state index is 12.6. The van der Waals surface area contributed by atoms with Crippen molar-refractivity contribution in [1.82, 2.24) is 4.72 Å². The van der Waals surface area contributed by atoms with E-state index < -0.39 is 16.0 Å². The molecule has 124 valence electrons. The summed E-state index contributed by atoms with van der Waals surface area (Å²) in [5.41, 5.74) is 0.743. The van der Waals surface area contributed by atoms with Gasteiger partial charge >= 0.3 is 5.97 Å². The lowest BCUT2D eigenvalue weighted by Crippen LogP contribution is -2.34. The number of benzene rings is 1. The highest BCUT2D eigenvalue weighted by atomic mass is 32.2. The first kappa shape index (κ1) is 17.2. The van der Waals surface area contributed by atoms with Crippen LogP contribution in [0.1, 0.15) is 28.6 Å². The average molecular weight is 337 g/mol. The summed E-state index contributed by atoms with van der Waals surface area (Å²) in [6, 6.07) is 7.62. The molecule has 0 saturated carbocycles. The van der Waals surface area contributed by atoms with E-state index in [1.807, 2.05) is 0 Å². The molecule has 0 bridgehead atoms. The monoisotopic (exact) mass is 337 g/mol. The topological polar surface area (TPSA) is 85.6 Å². The van der Waals surface area contributed by atoms with Crippen molar-refractivity contribution in [2.75, 3.05) is 7.11 Å². The Kier molecular flexibility index (Phi) is 5.23. The van der Waals surface area contributed by atoms with Crippen LogP contribution in [0.25, 0.3) is 0 Å². The highest BCUT2D eigenvalue weighted by Crippen LogP contribution is 2.18. The van der Waals surface area contributed by atoms with E-state index in [0.29, 0.717) is 17.7 Å². The largest absolute Gasteiger partial charge is 0.469 e. The number of rotatable bonds is 6. The maximum absolute atomic E-state index is 12.6. The van der Waals surface area contributed by atoms with Gasteiger partial charge in [0.05, 0.1) is 23.8 Å². The highest BCUT2D eigenvalue weighted by molar-refractivity contribution is 7.89. The van der Waals surface area contributed by atoms with Crippen LogP contribution in [0.3, 0.4) is 0 Å². The Morgan fingerprint density at radius 1 is 1.35 bits per heavy atom. The number of hydrogen-bond donors (Lipinski definition) is 1. The SMILES string of the molecule is COC(=O)c1ccc(C)c(S(=O)(=O)N[C@H](C)Cc2ccco2)c1. The Balaban J connectivity index is 2.23. The van der Waals surface area contributed by atoms with E-state index in [1.54, 1.807) is 38.3 Å². The third-order valence-electron chi connectivity index (χ3n) is 3.34. The second-order valence-electron chi connectivity index (χ2n) is 5.28. The van der Waals surface area contributed by atoms with Gasteiger partial charge in [-0.1, -0.05) is 6.07 Å². The number of aryl methyl sites for hydroxylation is 1. The standard InChI is InChI=1S/C16H19NO5S/c1-11-6-7-13(16(18)21-3)10-15(11)23(19,20)17-12(2)9-14-5-4-8-22-14/h4-8,10,12,17H,9H2,1-3H3/t12-/m1/s1. The number of methoxy groups -OCH3 is 1. The molecule has 0 aliphatic rings. The lowest BCUT2D eigenvalue weighted by molar-refractivity contribution is 0.0600. The first-order chi connectivity index (χ1) is 10.8. The molecular weight excluding hydrogens is 318 g/mol. The van der Waals surface area contributed by atoms with Gasteiger partial charge < -0.3 is 9.15 Å². The predicted molar refractivity (Wildman–Crippen MR) is 84.7 cm³/mol. The number of carbonyl (C=O) groups is 1. The van der Waals surface area contributed by atoms with Gasteiger partial charge in [0.1, 0.15) is 5.76 Å². The third kappa shape index (κ3) is 4.20. The van der Waals surface area contributed by atoms with Crippen molar-refractivity contribution in [1.29, 1.82) is 0 Å². The zero-order chi connectivity index (χ0) is 17.0. The first-order valence-corrected chi connectivity index (χ1v) is 8.55. The van der Waals surface area contributed by atoms with Crippen LogP contribution in [-0.4, -0.2) is 27.5 Å². The minimum atomic E-state index is -3.76. The molecular formula is C16H19NO5S. The fourth-order valence-corrected chi connectivity index (χ4v) is 3.75. The molecule has 0 aliphatic carbocycles. The number of carbonyl (C=O) groups excluding carboxylic acids is 1. The number of sulfonamides is 1. The lowest BCUT2D eigenvalue weighted by atomic mass is 10.1. The summed E-state index contributed by atoms with van der Waals surface area (Å²) in [6.45, 7) is 3.42. The van der Waals surface area contributed by atoms with Crippen LogP contribution >= 0.6 is 0 Å². The average Bonchev–Trinajstić information content (AvgIpc) is 2.98. The van der Waals surface area contributed by atoms with Crippen LogP contribution in [0.2, 0.25) is 0 Å². The van der Waals surface area contributed by atoms with Crippen LogP contribution < -0.4 is 4.72 Å². The van der Waals surface area contributed by atoms with Crippen LogP contribution in [0.4, 0.5) is 0 Å². The molecule has 0 fully saturated rings. The molecule has 0 spiro atoms. The summed E-state index contributed by atoms with van der Waals surface area (Å²) in [7, 11) is -2.51. The van der Waals surface area contributed by atoms with Crippen LogP contribution in [0.5, 0.6) is 0 Å². The van der Waals surface area contributed by atoms with E-state index in [1.165, 1.54) is 19.2 Å². The van der Waals surface area contributed by atoms with E-state index in [4.69, 9.17) is 4.42 Å². The van der Waals surface area contributed by atoms with Gasteiger partial charge in [0, 0.05) is 12.5 Å². The normalized spacial score (nSPS) is 12.8. The van der Waals surface area contributed by atoms with Gasteiger partial charge in [0.2, 0.25) is 10.0 Å². The second kappa shape index (κ2) is 6.97. The summed E-state index contributed by atoms with van der Waals surface area (Å²) in [6.07, 6.45) is 1.97. The molecule has 23 heavy (non-hydrogen) atoms. The summed E-state index contributed by atoms with van der Waals surface area (Å²) < 4.78 is 37.6. The number of esters is 1. The van der Waals surface area contributed by atoms with Crippen molar-refractivity contribution in [3.05, 3.63) is 53.5 Å². The van der Waals surface area contributed by atoms with Gasteiger partial charge in [-0.05, 0) is 43.7 Å². The van der Waals surface area contributed by atoms with Gasteiger partial charge in [0.15, 0.2) is 0 Å². The van der Waals surface area contributed by atoms with Crippen LogP contribution in [0, 0.1) is 6.92 Å². The molecule has 0 unspecified atom stereocenters. The molecule has 1 atom stereocenters. The van der Waals surface area contributed by atoms with Crippen molar-refractivity contribution in [3.8, 4) is 0 Å². The minimum absolute atomic E-state index is 0.0618. The van der Waals surface area contributed by atoms with E-state index in [-0.39, 0.29) is 16.5 Å². The molecule has 0 saturated heterocycles. The molecule has 2 aromatic rings. The molecule has 7 heteroatoms. The zero-order valence-corrected chi connectivity index (χ0v) is 14.0. The van der Waals surface area contributed by atoms with E-state index in [9.17, 15) is 13.2 Å². The maximum Gasteiger partial charge on any atom is 0.337 e. The Morgan fingerprint density at radius 3 is 2.70 bits per heavy atom. The van der Waals surface area contributed by atoms with Gasteiger partial charge in [-0.25, -0.2) is 17.9 Å². The molecule has 6 nitrogen and oxygen atoms in total. The summed E-state index contributed by atoms with van der Waals surface area (Å²) in [5.74, 6) is 0.116. The Bertz CT molecular complexity index is 781. The Labute approximate surface area is 135 Å². The van der Waals surface area contributed by atoms with Gasteiger partial charge in [-0.3, -0.25) is 0 Å². The third-order valence-corrected chi connectivity index (χ3v) is 5.07. The molecule has 2 rings (SSSR count). The molecule has 1 aromatic heterocycles. The van der Waals surface area contributed by atoms with Crippen molar-refractivity contribution < 1.29 is 22.4 Å². The number of nitrogens with one attached hydrogen (secondary N) is 1. The summed E-state index contributed by atoms with van der Waals surface area (Å²) >= 11 is 0. The second-order valence-corrected chi connectivity index (χ2v) is 6.96. The molecule has 0 aliphatic heterocycles. The van der Waals surface area contributed by atoms with Gasteiger partial charge in [-0.15, -0.1) is 0 Å².